The number of rotatable bonds is 14. The van der Waals surface area contributed by atoms with Crippen molar-refractivity contribution in [1.29, 1.82) is 0 Å². The van der Waals surface area contributed by atoms with Gasteiger partial charge in [0, 0.05) is 43.2 Å². The van der Waals surface area contributed by atoms with Crippen LogP contribution in [0.1, 0.15) is 66.4 Å². The third kappa shape index (κ3) is 10.3. The molecule has 0 bridgehead atoms. The quantitative estimate of drug-likeness (QED) is 0.0832. The minimum atomic E-state index is -4.57. The smallest absolute Gasteiger partial charge is 0.744 e. The first-order valence-electron chi connectivity index (χ1n) is 18.1. The van der Waals surface area contributed by atoms with E-state index in [2.05, 4.69) is 78.8 Å². The molecule has 1 atom stereocenters. The van der Waals surface area contributed by atoms with Gasteiger partial charge in [0.25, 0.3) is 10.1 Å². The second-order valence-electron chi connectivity index (χ2n) is 13.2. The molecule has 284 valence electrons. The van der Waals surface area contributed by atoms with Gasteiger partial charge in [0.2, 0.25) is 0 Å². The molecule has 0 aromatic heterocycles. The fraction of sp³-hybridized carbons (Fsp3) is 0.279. The summed E-state index contributed by atoms with van der Waals surface area (Å²) < 4.78 is 73.3. The van der Waals surface area contributed by atoms with Crippen molar-refractivity contribution in [3.05, 3.63) is 154 Å². The normalized spacial score (nSPS) is 13.3. The van der Waals surface area contributed by atoms with Gasteiger partial charge < -0.3 is 14.4 Å². The van der Waals surface area contributed by atoms with Crippen LogP contribution in [-0.4, -0.2) is 62.4 Å². The molecule has 0 spiro atoms. The summed E-state index contributed by atoms with van der Waals surface area (Å²) in [5.74, 6) is 0. The Balaban J connectivity index is 0.00000673. The van der Waals surface area contributed by atoms with Gasteiger partial charge in [-0.15, -0.1) is 5.56 Å². The predicted molar refractivity (Wildman–Crippen MR) is 217 cm³/mol. The first-order valence-corrected chi connectivity index (χ1v) is 21.0. The maximum Gasteiger partial charge on any atom is 1.00 e. The summed E-state index contributed by atoms with van der Waals surface area (Å²) in [5, 5.41) is -1.30. The zero-order valence-electron chi connectivity index (χ0n) is 32.7. The molecule has 0 saturated heterocycles. The van der Waals surface area contributed by atoms with Gasteiger partial charge in [-0.3, -0.25) is 4.55 Å². The summed E-state index contributed by atoms with van der Waals surface area (Å²) in [6, 6.07) is 27.9. The van der Waals surface area contributed by atoms with Crippen molar-refractivity contribution in [2.24, 2.45) is 0 Å². The van der Waals surface area contributed by atoms with Crippen LogP contribution in [0.2, 0.25) is 0 Å². The van der Waals surface area contributed by atoms with Crippen LogP contribution in [-0.2, 0) is 26.8 Å². The average Bonchev–Trinajstić information content (AvgIpc) is 3.14. The minimum absolute atomic E-state index is 0. The fourth-order valence-corrected chi connectivity index (χ4v) is 8.70. The summed E-state index contributed by atoms with van der Waals surface area (Å²) in [5.41, 5.74) is 9.84. The molecule has 1 aliphatic carbocycles. The third-order valence-corrected chi connectivity index (χ3v) is 11.7. The van der Waals surface area contributed by atoms with Crippen LogP contribution >= 0.6 is 0 Å². The van der Waals surface area contributed by atoms with E-state index in [1.807, 2.05) is 45.0 Å². The van der Waals surface area contributed by atoms with Gasteiger partial charge in [0.1, 0.15) is 28.6 Å². The Morgan fingerprint density at radius 3 is 1.93 bits per heavy atom. The Morgan fingerprint density at radius 1 is 0.800 bits per heavy atom. The van der Waals surface area contributed by atoms with Crippen LogP contribution in [0.5, 0.6) is 0 Å². The zero-order valence-corrected chi connectivity index (χ0v) is 36.3. The van der Waals surface area contributed by atoms with Crippen LogP contribution < -0.4 is 39.4 Å². The molecule has 1 N–H and O–H groups in total. The van der Waals surface area contributed by atoms with E-state index in [4.69, 9.17) is 0 Å². The predicted octanol–water partition coefficient (Wildman–Crippen LogP) is 4.87. The Labute approximate surface area is 349 Å². The number of anilines is 2. The van der Waals surface area contributed by atoms with E-state index in [0.29, 0.717) is 30.9 Å². The van der Waals surface area contributed by atoms with Gasteiger partial charge in [-0.25, -0.2) is 13.0 Å². The van der Waals surface area contributed by atoms with Crippen molar-refractivity contribution < 1.29 is 60.1 Å². The molecule has 0 amide bonds. The molecular formula is C43H48N3NaO6S2. The Morgan fingerprint density at radius 2 is 1.42 bits per heavy atom. The topological polar surface area (TPSA) is 121 Å². The number of benzene rings is 4. The Bertz CT molecular complexity index is 2330. The summed E-state index contributed by atoms with van der Waals surface area (Å²) in [6.07, 6.45) is 8.55. The molecular weight excluding hydrogens is 742 g/mol. The summed E-state index contributed by atoms with van der Waals surface area (Å²) >= 11 is 0. The van der Waals surface area contributed by atoms with Gasteiger partial charge in [0.15, 0.2) is 5.71 Å². The van der Waals surface area contributed by atoms with E-state index >= 15 is 0 Å². The molecule has 4 aromatic carbocycles. The van der Waals surface area contributed by atoms with Gasteiger partial charge in [0.05, 0.1) is 4.90 Å². The van der Waals surface area contributed by atoms with E-state index in [-0.39, 0.29) is 34.5 Å². The molecule has 4 aromatic rings. The van der Waals surface area contributed by atoms with Crippen molar-refractivity contribution in [3.8, 4) is 0 Å². The summed E-state index contributed by atoms with van der Waals surface area (Å²) in [6.45, 7) is 15.4. The molecule has 1 unspecified atom stereocenters. The van der Waals surface area contributed by atoms with Gasteiger partial charge in [-0.05, 0) is 129 Å². The van der Waals surface area contributed by atoms with E-state index in [1.165, 1.54) is 12.1 Å². The Kier molecular flexibility index (Phi) is 15.1. The van der Waals surface area contributed by atoms with Crippen molar-refractivity contribution in [3.63, 3.8) is 0 Å². The van der Waals surface area contributed by atoms with E-state index in [9.17, 15) is 25.9 Å². The van der Waals surface area contributed by atoms with Gasteiger partial charge >= 0.3 is 29.6 Å². The molecule has 9 nitrogen and oxygen atoms in total. The second-order valence-corrected chi connectivity index (χ2v) is 16.1. The third-order valence-electron chi connectivity index (χ3n) is 9.80. The molecule has 0 saturated carbocycles. The number of hydrogen-bond donors (Lipinski definition) is 1. The summed E-state index contributed by atoms with van der Waals surface area (Å²) in [4.78, 5) is 3.56. The molecule has 0 radical (unpaired) electrons. The van der Waals surface area contributed by atoms with Crippen LogP contribution in [0.25, 0.3) is 5.57 Å². The zero-order chi connectivity index (χ0) is 39.2. The van der Waals surface area contributed by atoms with E-state index in [0.717, 1.165) is 63.5 Å². The molecule has 0 aliphatic heterocycles. The summed E-state index contributed by atoms with van der Waals surface area (Å²) in [7, 11) is -9.08. The van der Waals surface area contributed by atoms with Crippen LogP contribution in [0, 0.1) is 19.9 Å². The molecule has 5 rings (SSSR count). The molecule has 12 heteroatoms. The molecule has 0 heterocycles. The second kappa shape index (κ2) is 18.9. The maximum absolute atomic E-state index is 12.8. The fourth-order valence-electron chi connectivity index (χ4n) is 7.08. The van der Waals surface area contributed by atoms with Crippen LogP contribution in [0.3, 0.4) is 0 Å². The number of allylic oxidation sites excluding steroid dienone is 5. The van der Waals surface area contributed by atoms with Crippen molar-refractivity contribution in [2.45, 2.75) is 58.4 Å². The maximum atomic E-state index is 12.8. The largest absolute Gasteiger partial charge is 1.00 e. The number of aryl methyl sites for hydroxylation is 2. The van der Waals surface area contributed by atoms with Gasteiger partial charge in [-0.2, -0.15) is 38.7 Å². The van der Waals surface area contributed by atoms with Crippen molar-refractivity contribution >= 4 is 42.9 Å². The van der Waals surface area contributed by atoms with Crippen LogP contribution in [0.4, 0.5) is 11.4 Å². The average molecular weight is 790 g/mol. The molecule has 1 aliphatic rings. The number of nitrogens with zero attached hydrogens (tertiary/aromatic N) is 3. The van der Waals surface area contributed by atoms with Crippen LogP contribution in [0.15, 0.2) is 120 Å². The first-order chi connectivity index (χ1) is 25.7. The van der Waals surface area contributed by atoms with Crippen molar-refractivity contribution in [1.82, 2.24) is 0 Å². The van der Waals surface area contributed by atoms with E-state index in [1.54, 1.807) is 35.2 Å². The van der Waals surface area contributed by atoms with E-state index < -0.39 is 25.6 Å². The molecule has 55 heavy (non-hydrogen) atoms. The Hall–Kier alpha value is -3.81. The monoisotopic (exact) mass is 789 g/mol. The number of hydrogen-bond acceptors (Lipinski definition) is 7. The first kappa shape index (κ1) is 43.9. The van der Waals surface area contributed by atoms with Gasteiger partial charge in [-0.1, -0.05) is 24.3 Å². The standard InChI is InChI=1S/C43H49N3O6S2.Na/c1-7-44(8-2)36-21-19-34(20-22-36)42(40-25-23-37(27-31(40)5)45(9-3)30-33-15-14-18-39(29-33)53(47,48)49)41-26-24-38(28-32(41)6)46(10-4)43(54(50,51)52)35-16-12-11-13-17-35;/h11-12,14-29,43H,7-10,30H2,1-6H3,(H,47,48,49)(H,50,51,52);/q;+1/p-1. The van der Waals surface area contributed by atoms with Crippen molar-refractivity contribution in [2.75, 3.05) is 36.0 Å². The molecule has 0 fully saturated rings. The minimum Gasteiger partial charge on any atom is -0.744 e. The SMILES string of the molecule is CCN(Cc1cccc(S(=O)(=O)[O-])c1)c1ccc(C(=C2C=CC(=[N+](CC)CC)C=C2)c2ccc(N(CC)C(c3c[c-]ccc3)S(=O)(=O)O)cc2C)c(C)c1.[Na+].